The van der Waals surface area contributed by atoms with E-state index in [0.717, 1.165) is 17.8 Å². The molecule has 0 fully saturated rings. The van der Waals surface area contributed by atoms with Gasteiger partial charge in [-0.05, 0) is 18.1 Å². The predicted octanol–water partition coefficient (Wildman–Crippen LogP) is 3.66. The molecule has 104 valence electrons. The van der Waals surface area contributed by atoms with E-state index in [4.69, 9.17) is 21.3 Å². The zero-order chi connectivity index (χ0) is 13.8. The highest BCUT2D eigenvalue weighted by Gasteiger charge is 2.21. The molecule has 0 bridgehead atoms. The number of aryl methyl sites for hydroxylation is 1. The lowest BCUT2D eigenvalue weighted by atomic mass is 10.0. The Labute approximate surface area is 119 Å². The predicted molar refractivity (Wildman–Crippen MR) is 79.9 cm³/mol. The van der Waals surface area contributed by atoms with Crippen molar-refractivity contribution in [2.75, 3.05) is 19.6 Å². The average Bonchev–Trinajstić information content (AvgIpc) is 2.74. The molecule has 0 amide bonds. The van der Waals surface area contributed by atoms with Gasteiger partial charge in [-0.25, -0.2) is 4.98 Å². The minimum Gasteiger partial charge on any atom is -0.383 e. The summed E-state index contributed by atoms with van der Waals surface area (Å²) >= 11 is 5.91. The van der Waals surface area contributed by atoms with Gasteiger partial charge in [-0.2, -0.15) is 0 Å². The first-order valence-electron chi connectivity index (χ1n) is 6.69. The normalized spacial score (nSPS) is 13.3. The summed E-state index contributed by atoms with van der Waals surface area (Å²) in [6.07, 6.45) is 0.781. The lowest BCUT2D eigenvalue weighted by Crippen LogP contribution is -2.22. The van der Waals surface area contributed by atoms with Crippen molar-refractivity contribution < 1.29 is 4.74 Å². The number of methoxy groups -OCH3 is 1. The number of nitrogens with zero attached hydrogens (tertiary/aromatic N) is 2. The van der Waals surface area contributed by atoms with Crippen molar-refractivity contribution >= 4 is 22.6 Å². The molecule has 0 saturated carbocycles. The van der Waals surface area contributed by atoms with Crippen LogP contribution in [0.1, 0.15) is 25.7 Å². The molecule has 1 atom stereocenters. The van der Waals surface area contributed by atoms with Crippen LogP contribution in [0.5, 0.6) is 0 Å². The zero-order valence-corrected chi connectivity index (χ0v) is 12.5. The van der Waals surface area contributed by atoms with Crippen molar-refractivity contribution in [3.63, 3.8) is 0 Å². The fourth-order valence-corrected chi connectivity index (χ4v) is 2.63. The largest absolute Gasteiger partial charge is 0.383 e. The number of rotatable bonds is 6. The van der Waals surface area contributed by atoms with Gasteiger partial charge in [0.25, 0.3) is 0 Å². The van der Waals surface area contributed by atoms with Crippen LogP contribution >= 0.6 is 11.6 Å². The number of benzene rings is 1. The minimum atomic E-state index is 0.288. The molecule has 0 aliphatic rings. The monoisotopic (exact) mass is 280 g/mol. The highest BCUT2D eigenvalue weighted by Crippen LogP contribution is 2.26. The van der Waals surface area contributed by atoms with Crippen molar-refractivity contribution in [2.24, 2.45) is 5.92 Å². The van der Waals surface area contributed by atoms with Crippen LogP contribution in [-0.4, -0.2) is 29.1 Å². The first-order valence-corrected chi connectivity index (χ1v) is 7.23. The molecule has 0 saturated heterocycles. The molecule has 1 heterocycles. The van der Waals surface area contributed by atoms with Gasteiger partial charge in [0.15, 0.2) is 0 Å². The molecule has 0 aliphatic heterocycles. The maximum Gasteiger partial charge on any atom is 0.111 e. The van der Waals surface area contributed by atoms with Gasteiger partial charge < -0.3 is 9.30 Å². The second-order valence-electron chi connectivity index (χ2n) is 5.09. The van der Waals surface area contributed by atoms with E-state index in [-0.39, 0.29) is 6.04 Å². The van der Waals surface area contributed by atoms with Gasteiger partial charge >= 0.3 is 0 Å². The van der Waals surface area contributed by atoms with Crippen LogP contribution in [0.15, 0.2) is 24.3 Å². The van der Waals surface area contributed by atoms with Crippen LogP contribution in [-0.2, 0) is 11.2 Å². The molecule has 2 rings (SSSR count). The molecule has 3 nitrogen and oxygen atoms in total. The van der Waals surface area contributed by atoms with Crippen LogP contribution in [0.4, 0.5) is 0 Å². The highest BCUT2D eigenvalue weighted by atomic mass is 35.5. The first-order chi connectivity index (χ1) is 9.19. The standard InChI is InChI=1S/C15H21ClN2O/c1-11(2)14(10-19-3)18-13-7-5-4-6-12(13)17-15(18)8-9-16/h4-7,11,14H,8-10H2,1-3H3. The van der Waals surface area contributed by atoms with Crippen LogP contribution in [0.2, 0.25) is 0 Å². The molecule has 0 aliphatic carbocycles. The molecular weight excluding hydrogens is 260 g/mol. The molecule has 4 heteroatoms. The van der Waals surface area contributed by atoms with Crippen LogP contribution in [0, 0.1) is 5.92 Å². The summed E-state index contributed by atoms with van der Waals surface area (Å²) < 4.78 is 7.69. The smallest absolute Gasteiger partial charge is 0.111 e. The van der Waals surface area contributed by atoms with Crippen LogP contribution in [0.25, 0.3) is 11.0 Å². The van der Waals surface area contributed by atoms with E-state index < -0.39 is 0 Å². The third kappa shape index (κ3) is 2.93. The van der Waals surface area contributed by atoms with Gasteiger partial charge in [-0.1, -0.05) is 26.0 Å². The number of aromatic nitrogens is 2. The zero-order valence-electron chi connectivity index (χ0n) is 11.8. The SMILES string of the molecule is COCC(C(C)C)n1c(CCCl)nc2ccccc21. The van der Waals surface area contributed by atoms with Gasteiger partial charge in [0.05, 0.1) is 23.7 Å². The molecule has 0 spiro atoms. The van der Waals surface area contributed by atoms with Crippen molar-refractivity contribution in [1.82, 2.24) is 9.55 Å². The number of alkyl halides is 1. The van der Waals surface area contributed by atoms with Crippen molar-refractivity contribution in [3.05, 3.63) is 30.1 Å². The number of halogens is 1. The summed E-state index contributed by atoms with van der Waals surface area (Å²) in [7, 11) is 1.75. The maximum absolute atomic E-state index is 5.91. The van der Waals surface area contributed by atoms with E-state index in [1.807, 2.05) is 12.1 Å². The van der Waals surface area contributed by atoms with Gasteiger partial charge in [0.2, 0.25) is 0 Å². The molecule has 1 unspecified atom stereocenters. The number of para-hydroxylation sites is 2. The fourth-order valence-electron chi connectivity index (χ4n) is 2.46. The van der Waals surface area contributed by atoms with Gasteiger partial charge in [-0.15, -0.1) is 11.6 Å². The Balaban J connectivity index is 2.56. The summed E-state index contributed by atoms with van der Waals surface area (Å²) in [4.78, 5) is 4.71. The summed E-state index contributed by atoms with van der Waals surface area (Å²) in [6, 6.07) is 8.52. The second kappa shape index (κ2) is 6.40. The molecule has 2 aromatic rings. The van der Waals surface area contributed by atoms with E-state index in [0.29, 0.717) is 18.4 Å². The molecular formula is C15H21ClN2O. The van der Waals surface area contributed by atoms with Crippen molar-refractivity contribution in [3.8, 4) is 0 Å². The second-order valence-corrected chi connectivity index (χ2v) is 5.47. The van der Waals surface area contributed by atoms with E-state index >= 15 is 0 Å². The lowest BCUT2D eigenvalue weighted by molar-refractivity contribution is 0.133. The number of hydrogen-bond acceptors (Lipinski definition) is 2. The maximum atomic E-state index is 5.91. The van der Waals surface area contributed by atoms with E-state index in [1.165, 1.54) is 5.52 Å². The van der Waals surface area contributed by atoms with Crippen LogP contribution in [0.3, 0.4) is 0 Å². The number of imidazole rings is 1. The third-order valence-electron chi connectivity index (χ3n) is 3.43. The van der Waals surface area contributed by atoms with Gasteiger partial charge in [0, 0.05) is 19.4 Å². The summed E-state index contributed by atoms with van der Waals surface area (Å²) in [5, 5.41) is 0. The Morgan fingerprint density at radius 2 is 2.05 bits per heavy atom. The Hall–Kier alpha value is -1.06. The van der Waals surface area contributed by atoms with Crippen molar-refractivity contribution in [1.29, 1.82) is 0 Å². The molecule has 19 heavy (non-hydrogen) atoms. The lowest BCUT2D eigenvalue weighted by Gasteiger charge is -2.24. The Kier molecular flexibility index (Phi) is 4.83. The molecule has 1 aromatic carbocycles. The molecule has 1 aromatic heterocycles. The Morgan fingerprint density at radius 3 is 2.68 bits per heavy atom. The first kappa shape index (κ1) is 14.4. The van der Waals surface area contributed by atoms with E-state index in [2.05, 4.69) is 30.5 Å². The fraction of sp³-hybridized carbons (Fsp3) is 0.533. The van der Waals surface area contributed by atoms with E-state index in [9.17, 15) is 0 Å². The number of hydrogen-bond donors (Lipinski definition) is 0. The summed E-state index contributed by atoms with van der Waals surface area (Å²) in [5.74, 6) is 2.11. The third-order valence-corrected chi connectivity index (χ3v) is 3.61. The Bertz CT molecular complexity index is 536. The van der Waals surface area contributed by atoms with Gasteiger partial charge in [-0.3, -0.25) is 0 Å². The molecule has 0 radical (unpaired) electrons. The molecule has 0 N–H and O–H groups in total. The van der Waals surface area contributed by atoms with Crippen molar-refractivity contribution in [2.45, 2.75) is 26.3 Å². The minimum absolute atomic E-state index is 0.288. The van der Waals surface area contributed by atoms with E-state index in [1.54, 1.807) is 7.11 Å². The summed E-state index contributed by atoms with van der Waals surface area (Å²) in [6.45, 7) is 5.11. The number of ether oxygens (including phenoxy) is 1. The van der Waals surface area contributed by atoms with Crippen LogP contribution < -0.4 is 0 Å². The number of fused-ring (bicyclic) bond motifs is 1. The highest BCUT2D eigenvalue weighted by molar-refractivity contribution is 6.17. The quantitative estimate of drug-likeness (QED) is 0.755. The van der Waals surface area contributed by atoms with Gasteiger partial charge in [0.1, 0.15) is 5.82 Å². The Morgan fingerprint density at radius 1 is 1.32 bits per heavy atom. The average molecular weight is 281 g/mol. The summed E-state index contributed by atoms with van der Waals surface area (Å²) in [5.41, 5.74) is 2.20. The topological polar surface area (TPSA) is 27.1 Å².